The first-order valence-electron chi connectivity index (χ1n) is 9.34. The second-order valence-electron chi connectivity index (χ2n) is 7.51. The molecule has 2 unspecified atom stereocenters. The van der Waals surface area contributed by atoms with Crippen LogP contribution in [0.2, 0.25) is 0 Å². The van der Waals surface area contributed by atoms with Gasteiger partial charge in [0, 0.05) is 12.2 Å². The van der Waals surface area contributed by atoms with Crippen molar-refractivity contribution in [1.29, 1.82) is 0 Å². The molecule has 1 N–H and O–H groups in total. The van der Waals surface area contributed by atoms with Gasteiger partial charge in [-0.05, 0) is 53.3 Å². The van der Waals surface area contributed by atoms with Crippen LogP contribution in [0.4, 0.5) is 0 Å². The van der Waals surface area contributed by atoms with Crippen molar-refractivity contribution >= 4 is 20.9 Å². The van der Waals surface area contributed by atoms with Gasteiger partial charge in [0.2, 0.25) is 0 Å². The Morgan fingerprint density at radius 3 is 2.36 bits per heavy atom. The molecule has 5 rings (SSSR count). The van der Waals surface area contributed by atoms with Gasteiger partial charge in [-0.1, -0.05) is 48.5 Å². The molecule has 4 aromatic rings. The van der Waals surface area contributed by atoms with Crippen molar-refractivity contribution < 1.29 is 8.42 Å². The first-order valence-corrected chi connectivity index (χ1v) is 11.2. The number of nitrogens with one attached hydrogen (secondary N) is 1. The number of sulfone groups is 1. The molecule has 2 atom stereocenters. The van der Waals surface area contributed by atoms with Gasteiger partial charge in [-0.15, -0.1) is 0 Å². The molecule has 1 fully saturated rings. The summed E-state index contributed by atoms with van der Waals surface area (Å²) in [7, 11) is -3.15. The minimum atomic E-state index is -3.15. The van der Waals surface area contributed by atoms with Crippen LogP contribution in [0.1, 0.15) is 29.6 Å². The molecule has 0 spiro atoms. The highest BCUT2D eigenvalue weighted by Gasteiger charge is 2.41. The largest absolute Gasteiger partial charge is 0.342 e. The van der Waals surface area contributed by atoms with Gasteiger partial charge in [-0.3, -0.25) is 0 Å². The Balaban J connectivity index is 1.40. The molecule has 3 aromatic carbocycles. The van der Waals surface area contributed by atoms with Crippen LogP contribution >= 0.6 is 0 Å². The van der Waals surface area contributed by atoms with E-state index in [1.807, 2.05) is 30.3 Å². The number of fused-ring (bicyclic) bond motifs is 1. The molecule has 0 amide bonds. The number of hydrogen-bond acceptors (Lipinski definition) is 3. The molecule has 1 saturated carbocycles. The van der Waals surface area contributed by atoms with Crippen molar-refractivity contribution in [3.05, 3.63) is 84.2 Å². The average molecular weight is 388 g/mol. The van der Waals surface area contributed by atoms with E-state index in [4.69, 9.17) is 4.98 Å². The van der Waals surface area contributed by atoms with Crippen molar-refractivity contribution in [1.82, 2.24) is 9.97 Å². The number of imidazole rings is 1. The SMILES string of the molecule is CS(=O)(=O)c1ccc(C2CC2c2nc3ccc(-c4ccccc4)cc3[nH]2)cc1. The Morgan fingerprint density at radius 1 is 0.893 bits per heavy atom. The zero-order chi connectivity index (χ0) is 19.3. The highest BCUT2D eigenvalue weighted by Crippen LogP contribution is 2.54. The lowest BCUT2D eigenvalue weighted by Crippen LogP contribution is -1.96. The van der Waals surface area contributed by atoms with Gasteiger partial charge in [0.1, 0.15) is 5.82 Å². The molecule has 0 aliphatic heterocycles. The Morgan fingerprint density at radius 2 is 1.64 bits per heavy atom. The second-order valence-corrected chi connectivity index (χ2v) is 9.53. The predicted molar refractivity (Wildman–Crippen MR) is 111 cm³/mol. The molecule has 5 heteroatoms. The molecule has 0 saturated heterocycles. The number of benzene rings is 3. The number of aromatic amines is 1. The number of rotatable bonds is 4. The average Bonchev–Trinajstić information content (AvgIpc) is 3.39. The minimum absolute atomic E-state index is 0.358. The van der Waals surface area contributed by atoms with Crippen LogP contribution in [0, 0.1) is 0 Å². The van der Waals surface area contributed by atoms with Crippen molar-refractivity contribution in [3.63, 3.8) is 0 Å². The fourth-order valence-electron chi connectivity index (χ4n) is 3.84. The predicted octanol–water partition coefficient (Wildman–Crippen LogP) is 4.90. The van der Waals surface area contributed by atoms with Crippen LogP contribution in [0.15, 0.2) is 77.7 Å². The first-order chi connectivity index (χ1) is 13.5. The summed E-state index contributed by atoms with van der Waals surface area (Å²) in [6, 6.07) is 23.9. The van der Waals surface area contributed by atoms with Gasteiger partial charge in [-0.2, -0.15) is 0 Å². The third-order valence-electron chi connectivity index (χ3n) is 5.49. The molecule has 1 aliphatic carbocycles. The molecular formula is C23H20N2O2S. The monoisotopic (exact) mass is 388 g/mol. The lowest BCUT2D eigenvalue weighted by Gasteiger charge is -2.02. The Labute approximate surface area is 164 Å². The maximum atomic E-state index is 11.6. The summed E-state index contributed by atoms with van der Waals surface area (Å²) in [4.78, 5) is 8.65. The van der Waals surface area contributed by atoms with E-state index in [2.05, 4.69) is 35.3 Å². The number of H-pyrrole nitrogens is 1. The van der Waals surface area contributed by atoms with E-state index in [1.165, 1.54) is 22.9 Å². The summed E-state index contributed by atoms with van der Waals surface area (Å²) in [6.07, 6.45) is 2.27. The minimum Gasteiger partial charge on any atom is -0.342 e. The molecule has 0 bridgehead atoms. The van der Waals surface area contributed by atoms with E-state index >= 15 is 0 Å². The Kier molecular flexibility index (Phi) is 3.88. The van der Waals surface area contributed by atoms with Crippen molar-refractivity contribution in [2.75, 3.05) is 6.26 Å². The zero-order valence-corrected chi connectivity index (χ0v) is 16.3. The highest BCUT2D eigenvalue weighted by molar-refractivity contribution is 7.90. The van der Waals surface area contributed by atoms with E-state index in [9.17, 15) is 8.42 Å². The quantitative estimate of drug-likeness (QED) is 0.541. The Hall–Kier alpha value is -2.92. The van der Waals surface area contributed by atoms with Crippen molar-refractivity contribution in [2.45, 2.75) is 23.2 Å². The fourth-order valence-corrected chi connectivity index (χ4v) is 4.47. The van der Waals surface area contributed by atoms with Crippen molar-refractivity contribution in [3.8, 4) is 11.1 Å². The summed E-state index contributed by atoms with van der Waals surface area (Å²) >= 11 is 0. The molecule has 1 aliphatic rings. The van der Waals surface area contributed by atoms with Gasteiger partial charge in [0.25, 0.3) is 0 Å². The third-order valence-corrected chi connectivity index (χ3v) is 6.61. The van der Waals surface area contributed by atoms with Crippen LogP contribution in [-0.2, 0) is 9.84 Å². The van der Waals surface area contributed by atoms with Crippen LogP contribution in [0.5, 0.6) is 0 Å². The van der Waals surface area contributed by atoms with Gasteiger partial charge in [0.05, 0.1) is 15.9 Å². The zero-order valence-electron chi connectivity index (χ0n) is 15.5. The first kappa shape index (κ1) is 17.2. The number of hydrogen-bond donors (Lipinski definition) is 1. The van der Waals surface area contributed by atoms with Crippen LogP contribution in [-0.4, -0.2) is 24.6 Å². The van der Waals surface area contributed by atoms with Gasteiger partial charge in [-0.25, -0.2) is 13.4 Å². The standard InChI is InChI=1S/C23H20N2O2S/c1-28(26,27)18-10-7-16(8-11-18)19-14-20(19)23-24-21-12-9-17(13-22(21)25-23)15-5-3-2-4-6-15/h2-13,19-20H,14H2,1H3,(H,24,25). The van der Waals surface area contributed by atoms with Crippen LogP contribution in [0.25, 0.3) is 22.2 Å². The molecule has 1 heterocycles. The summed E-state index contributed by atoms with van der Waals surface area (Å²) in [5, 5.41) is 0. The number of nitrogens with zero attached hydrogens (tertiary/aromatic N) is 1. The third kappa shape index (κ3) is 3.12. The topological polar surface area (TPSA) is 62.8 Å². The summed E-state index contributed by atoms with van der Waals surface area (Å²) in [5.41, 5.74) is 5.56. The van der Waals surface area contributed by atoms with E-state index < -0.39 is 9.84 Å². The molecular weight excluding hydrogens is 368 g/mol. The normalized spacial score (nSPS) is 19.0. The summed E-state index contributed by atoms with van der Waals surface area (Å²) in [6.45, 7) is 0. The van der Waals surface area contributed by atoms with Gasteiger partial charge in [0.15, 0.2) is 9.84 Å². The van der Waals surface area contributed by atoms with Gasteiger partial charge < -0.3 is 4.98 Å². The highest BCUT2D eigenvalue weighted by atomic mass is 32.2. The molecule has 1 aromatic heterocycles. The Bertz CT molecular complexity index is 1260. The molecule has 28 heavy (non-hydrogen) atoms. The van der Waals surface area contributed by atoms with Crippen LogP contribution < -0.4 is 0 Å². The van der Waals surface area contributed by atoms with E-state index in [1.54, 1.807) is 12.1 Å². The van der Waals surface area contributed by atoms with E-state index in [-0.39, 0.29) is 0 Å². The van der Waals surface area contributed by atoms with E-state index in [0.717, 1.165) is 23.3 Å². The maximum Gasteiger partial charge on any atom is 0.175 e. The van der Waals surface area contributed by atoms with E-state index in [0.29, 0.717) is 16.7 Å². The molecule has 0 radical (unpaired) electrons. The van der Waals surface area contributed by atoms with Crippen molar-refractivity contribution in [2.24, 2.45) is 0 Å². The second kappa shape index (κ2) is 6.31. The number of aromatic nitrogens is 2. The summed E-state index contributed by atoms with van der Waals surface area (Å²) in [5.74, 6) is 1.76. The fraction of sp³-hybridized carbons (Fsp3) is 0.174. The van der Waals surface area contributed by atoms with Crippen LogP contribution in [0.3, 0.4) is 0 Å². The maximum absolute atomic E-state index is 11.6. The lowest BCUT2D eigenvalue weighted by molar-refractivity contribution is 0.602. The lowest BCUT2D eigenvalue weighted by atomic mass is 10.1. The molecule has 140 valence electrons. The molecule has 4 nitrogen and oxygen atoms in total. The van der Waals surface area contributed by atoms with Gasteiger partial charge >= 0.3 is 0 Å². The summed E-state index contributed by atoms with van der Waals surface area (Å²) < 4.78 is 23.3. The smallest absolute Gasteiger partial charge is 0.175 e.